The van der Waals surface area contributed by atoms with Crippen LogP contribution in [0.1, 0.15) is 11.1 Å². The van der Waals surface area contributed by atoms with Crippen LogP contribution in [0.2, 0.25) is 0 Å². The molecule has 1 aliphatic heterocycles. The van der Waals surface area contributed by atoms with Gasteiger partial charge >= 0.3 is 0 Å². The van der Waals surface area contributed by atoms with E-state index in [-0.39, 0.29) is 0 Å². The zero-order valence-electron chi connectivity index (χ0n) is 17.2. The van der Waals surface area contributed by atoms with Gasteiger partial charge in [-0.2, -0.15) is 4.31 Å². The minimum absolute atomic E-state index is 0.424. The highest BCUT2D eigenvalue weighted by atomic mass is 32.2. The Morgan fingerprint density at radius 2 is 1.62 bits per heavy atom. The Morgan fingerprint density at radius 1 is 0.897 bits per heavy atom. The smallest absolute Gasteiger partial charge is 0.243 e. The van der Waals surface area contributed by atoms with Gasteiger partial charge in [0.2, 0.25) is 10.0 Å². The molecule has 0 amide bonds. The number of aryl methyl sites for hydroxylation is 2. The van der Waals surface area contributed by atoms with Crippen LogP contribution in [0.5, 0.6) is 5.75 Å². The third-order valence-electron chi connectivity index (χ3n) is 5.08. The van der Waals surface area contributed by atoms with Crippen LogP contribution in [0.15, 0.2) is 53.4 Å². The molecule has 1 saturated heterocycles. The van der Waals surface area contributed by atoms with Crippen LogP contribution < -0.4 is 4.74 Å². The van der Waals surface area contributed by atoms with E-state index in [1.807, 2.05) is 56.3 Å². The lowest BCUT2D eigenvalue weighted by atomic mass is 10.2. The average molecular weight is 419 g/mol. The van der Waals surface area contributed by atoms with Gasteiger partial charge in [0, 0.05) is 32.7 Å². The molecule has 158 valence electrons. The molecule has 6 nitrogen and oxygen atoms in total. The molecule has 0 saturated carbocycles. The van der Waals surface area contributed by atoms with Gasteiger partial charge in [-0.15, -0.1) is 0 Å². The Morgan fingerprint density at radius 3 is 2.34 bits per heavy atom. The first-order chi connectivity index (χ1) is 14.0. The van der Waals surface area contributed by atoms with E-state index in [1.54, 1.807) is 10.4 Å². The minimum Gasteiger partial charge on any atom is -0.491 e. The topological polar surface area (TPSA) is 59.1 Å². The summed E-state index contributed by atoms with van der Waals surface area (Å²) in [6.07, 6.45) is 0. The first kappa shape index (κ1) is 21.8. The molecule has 1 aliphatic rings. The molecule has 0 N–H and O–H groups in total. The summed E-state index contributed by atoms with van der Waals surface area (Å²) < 4.78 is 38.8. The number of hydrogen-bond acceptors (Lipinski definition) is 5. The fraction of sp³-hybridized carbons (Fsp3) is 0.455. The molecule has 0 bridgehead atoms. The summed E-state index contributed by atoms with van der Waals surface area (Å²) in [7, 11) is -3.44. The summed E-state index contributed by atoms with van der Waals surface area (Å²) in [4.78, 5) is 2.67. The number of piperazine rings is 1. The Balaban J connectivity index is 1.37. The third-order valence-corrected chi connectivity index (χ3v) is 7.12. The van der Waals surface area contributed by atoms with Gasteiger partial charge in [0.05, 0.1) is 18.1 Å². The van der Waals surface area contributed by atoms with E-state index >= 15 is 0 Å². The van der Waals surface area contributed by atoms with Gasteiger partial charge < -0.3 is 9.47 Å². The summed E-state index contributed by atoms with van der Waals surface area (Å²) in [6.45, 7) is 8.68. The third kappa shape index (κ3) is 6.02. The summed E-state index contributed by atoms with van der Waals surface area (Å²) in [5, 5.41) is 0. The summed E-state index contributed by atoms with van der Waals surface area (Å²) in [6, 6.07) is 15.3. The standard InChI is InChI=1S/C22H30N2O4S/c1-19-8-9-20(2)22(18-19)29(25,26)24-12-10-23(11-13-24)14-15-27-16-17-28-21-6-4-3-5-7-21/h3-9,18H,10-17H2,1-2H3. The molecule has 0 aromatic heterocycles. The van der Waals surface area contributed by atoms with Crippen molar-refractivity contribution in [1.29, 1.82) is 0 Å². The number of hydrogen-bond donors (Lipinski definition) is 0. The lowest BCUT2D eigenvalue weighted by Crippen LogP contribution is -2.49. The minimum atomic E-state index is -3.44. The van der Waals surface area contributed by atoms with Crippen molar-refractivity contribution >= 4 is 10.0 Å². The highest BCUT2D eigenvalue weighted by Gasteiger charge is 2.29. The maximum atomic E-state index is 13.0. The van der Waals surface area contributed by atoms with E-state index in [0.717, 1.165) is 23.4 Å². The first-order valence-corrected chi connectivity index (χ1v) is 11.5. The molecule has 0 unspecified atom stereocenters. The molecule has 0 aliphatic carbocycles. The van der Waals surface area contributed by atoms with Crippen molar-refractivity contribution in [2.45, 2.75) is 18.7 Å². The molecule has 2 aromatic rings. The molecule has 29 heavy (non-hydrogen) atoms. The molecule has 7 heteroatoms. The van der Waals surface area contributed by atoms with Crippen molar-refractivity contribution in [3.8, 4) is 5.75 Å². The van der Waals surface area contributed by atoms with Crippen LogP contribution in [0.3, 0.4) is 0 Å². The number of benzene rings is 2. The fourth-order valence-electron chi connectivity index (χ4n) is 3.35. The van der Waals surface area contributed by atoms with Gasteiger partial charge in [0.1, 0.15) is 12.4 Å². The van der Waals surface area contributed by atoms with E-state index in [0.29, 0.717) is 50.9 Å². The lowest BCUT2D eigenvalue weighted by molar-refractivity contribution is 0.0712. The molecule has 0 spiro atoms. The normalized spacial score (nSPS) is 16.1. The van der Waals surface area contributed by atoms with Crippen molar-refractivity contribution in [3.05, 3.63) is 59.7 Å². The number of nitrogens with zero attached hydrogens (tertiary/aromatic N) is 2. The largest absolute Gasteiger partial charge is 0.491 e. The zero-order chi connectivity index (χ0) is 20.7. The summed E-state index contributed by atoms with van der Waals surface area (Å²) in [5.74, 6) is 0.845. The van der Waals surface area contributed by atoms with Crippen LogP contribution in [-0.2, 0) is 14.8 Å². The van der Waals surface area contributed by atoms with Gasteiger partial charge in [-0.1, -0.05) is 30.3 Å². The van der Waals surface area contributed by atoms with E-state index < -0.39 is 10.0 Å². The predicted octanol–water partition coefficient (Wildman–Crippen LogP) is 2.71. The first-order valence-electron chi connectivity index (χ1n) is 10.0. The van der Waals surface area contributed by atoms with Crippen molar-refractivity contribution in [1.82, 2.24) is 9.21 Å². The van der Waals surface area contributed by atoms with Crippen LogP contribution in [-0.4, -0.2) is 70.2 Å². The molecule has 3 rings (SSSR count). The molecular weight excluding hydrogens is 388 g/mol. The van der Waals surface area contributed by atoms with Crippen LogP contribution >= 0.6 is 0 Å². The molecule has 0 radical (unpaired) electrons. The van der Waals surface area contributed by atoms with Crippen molar-refractivity contribution in [3.63, 3.8) is 0 Å². The second-order valence-electron chi connectivity index (χ2n) is 7.29. The summed E-state index contributed by atoms with van der Waals surface area (Å²) >= 11 is 0. The summed E-state index contributed by atoms with van der Waals surface area (Å²) in [5.41, 5.74) is 1.75. The van der Waals surface area contributed by atoms with E-state index in [9.17, 15) is 8.42 Å². The van der Waals surface area contributed by atoms with Crippen LogP contribution in [0.25, 0.3) is 0 Å². The fourth-order valence-corrected chi connectivity index (χ4v) is 5.08. The Kier molecular flexibility index (Phi) is 7.66. The zero-order valence-corrected chi connectivity index (χ0v) is 18.0. The predicted molar refractivity (Wildman–Crippen MR) is 114 cm³/mol. The van der Waals surface area contributed by atoms with Gasteiger partial charge in [0.15, 0.2) is 0 Å². The SMILES string of the molecule is Cc1ccc(C)c(S(=O)(=O)N2CCN(CCOCCOc3ccccc3)CC2)c1. The molecule has 1 heterocycles. The van der Waals surface area contributed by atoms with Gasteiger partial charge in [-0.05, 0) is 43.2 Å². The average Bonchev–Trinajstić information content (AvgIpc) is 2.73. The Labute approximate surface area is 174 Å². The monoisotopic (exact) mass is 418 g/mol. The van der Waals surface area contributed by atoms with Crippen LogP contribution in [0, 0.1) is 13.8 Å². The second-order valence-corrected chi connectivity index (χ2v) is 9.19. The van der Waals surface area contributed by atoms with Gasteiger partial charge in [0.25, 0.3) is 0 Å². The number of ether oxygens (including phenoxy) is 2. The maximum absolute atomic E-state index is 13.0. The molecule has 2 aromatic carbocycles. The quantitative estimate of drug-likeness (QED) is 0.586. The van der Waals surface area contributed by atoms with Crippen molar-refractivity contribution in [2.75, 3.05) is 52.5 Å². The molecular formula is C22H30N2O4S. The van der Waals surface area contributed by atoms with E-state index in [2.05, 4.69) is 4.90 Å². The van der Waals surface area contributed by atoms with Crippen LogP contribution in [0.4, 0.5) is 0 Å². The maximum Gasteiger partial charge on any atom is 0.243 e. The van der Waals surface area contributed by atoms with E-state index in [1.165, 1.54) is 0 Å². The number of para-hydroxylation sites is 1. The molecule has 0 atom stereocenters. The highest BCUT2D eigenvalue weighted by molar-refractivity contribution is 7.89. The van der Waals surface area contributed by atoms with Gasteiger partial charge in [-0.25, -0.2) is 8.42 Å². The van der Waals surface area contributed by atoms with Crippen molar-refractivity contribution < 1.29 is 17.9 Å². The Hall–Kier alpha value is -1.93. The Bertz CT molecular complexity index is 879. The highest BCUT2D eigenvalue weighted by Crippen LogP contribution is 2.22. The second kappa shape index (κ2) is 10.2. The number of rotatable bonds is 9. The van der Waals surface area contributed by atoms with Crippen molar-refractivity contribution in [2.24, 2.45) is 0 Å². The van der Waals surface area contributed by atoms with Gasteiger partial charge in [-0.3, -0.25) is 4.90 Å². The molecule has 1 fully saturated rings. The lowest BCUT2D eigenvalue weighted by Gasteiger charge is -2.34. The number of sulfonamides is 1. The van der Waals surface area contributed by atoms with E-state index in [4.69, 9.17) is 9.47 Å².